The molecule has 1 aliphatic rings. The predicted octanol–water partition coefficient (Wildman–Crippen LogP) is 2.87. The molecule has 6 heteroatoms. The van der Waals surface area contributed by atoms with Gasteiger partial charge in [-0.1, -0.05) is 18.5 Å². The molecule has 20 heavy (non-hydrogen) atoms. The van der Waals surface area contributed by atoms with Gasteiger partial charge in [-0.15, -0.1) is 11.3 Å². The van der Waals surface area contributed by atoms with Crippen LogP contribution in [0.3, 0.4) is 0 Å². The van der Waals surface area contributed by atoms with Crippen molar-refractivity contribution in [1.29, 1.82) is 0 Å². The first-order chi connectivity index (χ1) is 9.76. The van der Waals surface area contributed by atoms with E-state index in [1.165, 1.54) is 13.0 Å². The van der Waals surface area contributed by atoms with Gasteiger partial charge in [-0.3, -0.25) is 4.90 Å². The molecule has 3 rings (SSSR count). The Labute approximate surface area is 128 Å². The zero-order chi connectivity index (χ0) is 13.9. The number of halogens is 1. The highest BCUT2D eigenvalue weighted by atomic mass is 35.5. The lowest BCUT2D eigenvalue weighted by Gasteiger charge is -2.34. The third-order valence-electron chi connectivity index (χ3n) is 3.69. The van der Waals surface area contributed by atoms with Crippen LogP contribution in [-0.2, 0) is 6.54 Å². The second kappa shape index (κ2) is 6.35. The van der Waals surface area contributed by atoms with Crippen molar-refractivity contribution in [2.24, 2.45) is 0 Å². The maximum absolute atomic E-state index is 6.21. The number of hydrogen-bond acceptors (Lipinski definition) is 5. The van der Waals surface area contributed by atoms with E-state index in [0.717, 1.165) is 48.8 Å². The first kappa shape index (κ1) is 14.2. The van der Waals surface area contributed by atoms with E-state index in [9.17, 15) is 0 Å². The van der Waals surface area contributed by atoms with Gasteiger partial charge in [-0.05, 0) is 24.4 Å². The zero-order valence-corrected chi connectivity index (χ0v) is 13.3. The van der Waals surface area contributed by atoms with Crippen LogP contribution in [0.25, 0.3) is 10.2 Å². The summed E-state index contributed by atoms with van der Waals surface area (Å²) in [5, 5.41) is 3.56. The molecule has 0 radical (unpaired) electrons. The molecule has 0 N–H and O–H groups in total. The number of nitrogens with zero attached hydrogens (tertiary/aromatic N) is 4. The van der Waals surface area contributed by atoms with Crippen molar-refractivity contribution < 1.29 is 0 Å². The highest BCUT2D eigenvalue weighted by Crippen LogP contribution is 2.25. The van der Waals surface area contributed by atoms with E-state index in [1.807, 2.05) is 11.4 Å². The maximum Gasteiger partial charge on any atom is 0.145 e. The molecule has 108 valence electrons. The van der Waals surface area contributed by atoms with Crippen LogP contribution in [0.15, 0.2) is 11.4 Å². The van der Waals surface area contributed by atoms with Crippen LogP contribution in [-0.4, -0.2) is 52.5 Å². The standard InChI is InChI=1S/C14H19ClN4S/c1-2-4-18-5-7-19(8-6-18)10-12-16-13(15)11-3-9-20-14(11)17-12/h3,9H,2,4-8,10H2,1H3. The van der Waals surface area contributed by atoms with Crippen molar-refractivity contribution in [3.63, 3.8) is 0 Å². The van der Waals surface area contributed by atoms with E-state index in [1.54, 1.807) is 11.3 Å². The van der Waals surface area contributed by atoms with E-state index in [0.29, 0.717) is 5.15 Å². The third kappa shape index (κ3) is 3.11. The minimum absolute atomic E-state index is 0.580. The molecular formula is C14H19ClN4S. The van der Waals surface area contributed by atoms with Crippen molar-refractivity contribution in [2.75, 3.05) is 32.7 Å². The van der Waals surface area contributed by atoms with Gasteiger partial charge in [0.25, 0.3) is 0 Å². The molecule has 0 saturated carbocycles. The molecule has 0 unspecified atom stereocenters. The molecule has 0 aromatic carbocycles. The predicted molar refractivity (Wildman–Crippen MR) is 84.4 cm³/mol. The SMILES string of the molecule is CCCN1CCN(Cc2nc(Cl)c3ccsc3n2)CC1. The fourth-order valence-electron chi connectivity index (χ4n) is 2.62. The van der Waals surface area contributed by atoms with Gasteiger partial charge in [0.05, 0.1) is 6.54 Å². The molecule has 2 aromatic rings. The first-order valence-electron chi connectivity index (χ1n) is 7.10. The van der Waals surface area contributed by atoms with Crippen molar-refractivity contribution in [3.8, 4) is 0 Å². The molecule has 0 amide bonds. The lowest BCUT2D eigenvalue weighted by Crippen LogP contribution is -2.46. The van der Waals surface area contributed by atoms with Gasteiger partial charge in [0.2, 0.25) is 0 Å². The van der Waals surface area contributed by atoms with E-state index >= 15 is 0 Å². The van der Waals surface area contributed by atoms with Crippen LogP contribution < -0.4 is 0 Å². The van der Waals surface area contributed by atoms with Gasteiger partial charge in [0, 0.05) is 31.6 Å². The zero-order valence-electron chi connectivity index (χ0n) is 11.7. The fraction of sp³-hybridized carbons (Fsp3) is 0.571. The minimum Gasteiger partial charge on any atom is -0.301 e. The molecular weight excluding hydrogens is 292 g/mol. The summed E-state index contributed by atoms with van der Waals surface area (Å²) in [6.45, 7) is 8.70. The number of thiophene rings is 1. The van der Waals surface area contributed by atoms with Crippen molar-refractivity contribution >= 4 is 33.2 Å². The highest BCUT2D eigenvalue weighted by Gasteiger charge is 2.17. The van der Waals surface area contributed by atoms with E-state index in [4.69, 9.17) is 11.6 Å². The van der Waals surface area contributed by atoms with Crippen molar-refractivity contribution in [1.82, 2.24) is 19.8 Å². The average Bonchev–Trinajstić information content (AvgIpc) is 2.90. The average molecular weight is 311 g/mol. The molecule has 1 saturated heterocycles. The third-order valence-corrected chi connectivity index (χ3v) is 4.79. The number of fused-ring (bicyclic) bond motifs is 1. The Morgan fingerprint density at radius 2 is 1.95 bits per heavy atom. The minimum atomic E-state index is 0.580. The molecule has 0 aliphatic carbocycles. The molecule has 3 heterocycles. The Morgan fingerprint density at radius 1 is 1.20 bits per heavy atom. The van der Waals surface area contributed by atoms with E-state index in [2.05, 4.69) is 26.7 Å². The van der Waals surface area contributed by atoms with Gasteiger partial charge in [-0.25, -0.2) is 9.97 Å². The molecule has 4 nitrogen and oxygen atoms in total. The summed E-state index contributed by atoms with van der Waals surface area (Å²) in [6, 6.07) is 1.98. The molecule has 0 spiro atoms. The van der Waals surface area contributed by atoms with Gasteiger partial charge in [-0.2, -0.15) is 0 Å². The lowest BCUT2D eigenvalue weighted by molar-refractivity contribution is 0.125. The van der Waals surface area contributed by atoms with Crippen molar-refractivity contribution in [3.05, 3.63) is 22.4 Å². The van der Waals surface area contributed by atoms with Crippen LogP contribution in [0.2, 0.25) is 5.15 Å². The highest BCUT2D eigenvalue weighted by molar-refractivity contribution is 7.16. The van der Waals surface area contributed by atoms with E-state index in [-0.39, 0.29) is 0 Å². The van der Waals surface area contributed by atoms with Crippen LogP contribution >= 0.6 is 22.9 Å². The topological polar surface area (TPSA) is 32.3 Å². The Balaban J connectivity index is 1.65. The first-order valence-corrected chi connectivity index (χ1v) is 8.36. The summed E-state index contributed by atoms with van der Waals surface area (Å²) < 4.78 is 0. The molecule has 1 aliphatic heterocycles. The summed E-state index contributed by atoms with van der Waals surface area (Å²) in [4.78, 5) is 15.0. The molecule has 0 atom stereocenters. The fourth-order valence-corrected chi connectivity index (χ4v) is 3.71. The largest absolute Gasteiger partial charge is 0.301 e. The summed E-state index contributed by atoms with van der Waals surface area (Å²) in [7, 11) is 0. The Morgan fingerprint density at radius 3 is 2.70 bits per heavy atom. The summed E-state index contributed by atoms with van der Waals surface area (Å²) in [5.41, 5.74) is 0. The number of hydrogen-bond donors (Lipinski definition) is 0. The van der Waals surface area contributed by atoms with E-state index < -0.39 is 0 Å². The van der Waals surface area contributed by atoms with Crippen LogP contribution in [0.1, 0.15) is 19.2 Å². The van der Waals surface area contributed by atoms with Crippen molar-refractivity contribution in [2.45, 2.75) is 19.9 Å². The lowest BCUT2D eigenvalue weighted by atomic mass is 10.3. The maximum atomic E-state index is 6.21. The monoisotopic (exact) mass is 310 g/mol. The summed E-state index contributed by atoms with van der Waals surface area (Å²) in [6.07, 6.45) is 1.23. The number of piperazine rings is 1. The van der Waals surface area contributed by atoms with Gasteiger partial charge < -0.3 is 4.90 Å². The van der Waals surface area contributed by atoms with Gasteiger partial charge >= 0.3 is 0 Å². The van der Waals surface area contributed by atoms with Crippen LogP contribution in [0.4, 0.5) is 0 Å². The van der Waals surface area contributed by atoms with Crippen LogP contribution in [0.5, 0.6) is 0 Å². The summed E-state index contributed by atoms with van der Waals surface area (Å²) >= 11 is 7.84. The Bertz CT molecular complexity index is 578. The molecule has 1 fully saturated rings. The summed E-state index contributed by atoms with van der Waals surface area (Å²) in [5.74, 6) is 0.842. The number of rotatable bonds is 4. The normalized spacial score (nSPS) is 17.9. The smallest absolute Gasteiger partial charge is 0.145 e. The number of aromatic nitrogens is 2. The van der Waals surface area contributed by atoms with Crippen LogP contribution in [0, 0.1) is 0 Å². The molecule has 0 bridgehead atoms. The Kier molecular flexibility index (Phi) is 4.51. The van der Waals surface area contributed by atoms with Gasteiger partial charge in [0.15, 0.2) is 0 Å². The Hall–Kier alpha value is -0.750. The molecule has 2 aromatic heterocycles. The quantitative estimate of drug-likeness (QED) is 0.813. The van der Waals surface area contributed by atoms with Gasteiger partial charge in [0.1, 0.15) is 15.8 Å². The second-order valence-electron chi connectivity index (χ2n) is 5.19. The second-order valence-corrected chi connectivity index (χ2v) is 6.44.